The van der Waals surface area contributed by atoms with Crippen molar-refractivity contribution in [2.45, 2.75) is 32.1 Å². The molecule has 1 amide bonds. The average Bonchev–Trinajstić information content (AvgIpc) is 2.56. The number of nitrogens with one attached hydrogen (secondary N) is 1. The van der Waals surface area contributed by atoms with Gasteiger partial charge in [0, 0.05) is 32.6 Å². The van der Waals surface area contributed by atoms with Gasteiger partial charge in [0.05, 0.1) is 0 Å². The number of carbonyl (C=O) groups excluding carboxylic acids is 1. The van der Waals surface area contributed by atoms with Crippen LogP contribution in [0.2, 0.25) is 0 Å². The second-order valence-electron chi connectivity index (χ2n) is 5.14. The van der Waals surface area contributed by atoms with E-state index in [1.807, 2.05) is 4.90 Å². The Labute approximate surface area is 129 Å². The van der Waals surface area contributed by atoms with Crippen molar-refractivity contribution in [3.63, 3.8) is 0 Å². The SMILES string of the molecule is Cl.Cl.O=C1CCNCCN1CCCN1CCCCC1. The van der Waals surface area contributed by atoms with Crippen molar-refractivity contribution in [2.24, 2.45) is 0 Å². The van der Waals surface area contributed by atoms with E-state index in [2.05, 4.69) is 10.2 Å². The monoisotopic (exact) mass is 311 g/mol. The van der Waals surface area contributed by atoms with Crippen LogP contribution in [0.15, 0.2) is 0 Å². The van der Waals surface area contributed by atoms with Crippen molar-refractivity contribution < 1.29 is 4.79 Å². The number of rotatable bonds is 4. The molecule has 19 heavy (non-hydrogen) atoms. The Kier molecular flexibility index (Phi) is 10.7. The van der Waals surface area contributed by atoms with Gasteiger partial charge in [0.15, 0.2) is 0 Å². The summed E-state index contributed by atoms with van der Waals surface area (Å²) in [6, 6.07) is 0. The number of nitrogens with zero attached hydrogens (tertiary/aromatic N) is 2. The summed E-state index contributed by atoms with van der Waals surface area (Å²) in [6.45, 7) is 7.31. The maximum absolute atomic E-state index is 11.8. The van der Waals surface area contributed by atoms with Crippen LogP contribution in [-0.4, -0.2) is 61.5 Å². The van der Waals surface area contributed by atoms with Crippen molar-refractivity contribution in [3.05, 3.63) is 0 Å². The van der Waals surface area contributed by atoms with Gasteiger partial charge in [-0.25, -0.2) is 0 Å². The number of likely N-dealkylation sites (tertiary alicyclic amines) is 1. The lowest BCUT2D eigenvalue weighted by molar-refractivity contribution is -0.130. The van der Waals surface area contributed by atoms with Crippen LogP contribution in [0, 0.1) is 0 Å². The maximum Gasteiger partial charge on any atom is 0.223 e. The molecule has 2 fully saturated rings. The highest BCUT2D eigenvalue weighted by Crippen LogP contribution is 2.09. The fraction of sp³-hybridized carbons (Fsp3) is 0.923. The van der Waals surface area contributed by atoms with Gasteiger partial charge in [0.2, 0.25) is 5.91 Å². The molecule has 2 heterocycles. The van der Waals surface area contributed by atoms with E-state index in [1.165, 1.54) is 32.4 Å². The molecule has 4 nitrogen and oxygen atoms in total. The molecule has 0 aliphatic carbocycles. The van der Waals surface area contributed by atoms with Gasteiger partial charge in [-0.15, -0.1) is 24.8 Å². The van der Waals surface area contributed by atoms with Gasteiger partial charge < -0.3 is 15.1 Å². The Hall–Kier alpha value is -0.0300. The average molecular weight is 312 g/mol. The quantitative estimate of drug-likeness (QED) is 0.855. The van der Waals surface area contributed by atoms with Crippen LogP contribution in [0.3, 0.4) is 0 Å². The Balaban J connectivity index is 0.00000162. The van der Waals surface area contributed by atoms with Gasteiger partial charge in [-0.2, -0.15) is 0 Å². The molecule has 2 aliphatic rings. The van der Waals surface area contributed by atoms with E-state index in [0.717, 1.165) is 39.1 Å². The lowest BCUT2D eigenvalue weighted by atomic mass is 10.1. The molecule has 0 bridgehead atoms. The standard InChI is InChI=1S/C13H25N3O.2ClH/c17-13-5-6-14-7-12-16(13)11-4-10-15-8-2-1-3-9-15;;/h14H,1-12H2;2*1H. The first kappa shape index (κ1) is 19.0. The molecule has 0 radical (unpaired) electrons. The van der Waals surface area contributed by atoms with Gasteiger partial charge >= 0.3 is 0 Å². The van der Waals surface area contributed by atoms with E-state index in [9.17, 15) is 4.79 Å². The van der Waals surface area contributed by atoms with Crippen LogP contribution in [-0.2, 0) is 4.79 Å². The van der Waals surface area contributed by atoms with Crippen LogP contribution >= 0.6 is 24.8 Å². The first-order valence-corrected chi connectivity index (χ1v) is 7.07. The minimum absolute atomic E-state index is 0. The van der Waals surface area contributed by atoms with E-state index < -0.39 is 0 Å². The van der Waals surface area contributed by atoms with E-state index >= 15 is 0 Å². The second kappa shape index (κ2) is 10.7. The molecule has 0 aromatic heterocycles. The van der Waals surface area contributed by atoms with Gasteiger partial charge in [0.25, 0.3) is 0 Å². The fourth-order valence-electron chi connectivity index (χ4n) is 2.72. The molecule has 2 saturated heterocycles. The van der Waals surface area contributed by atoms with Crippen molar-refractivity contribution in [1.82, 2.24) is 15.1 Å². The third kappa shape index (κ3) is 6.80. The van der Waals surface area contributed by atoms with Gasteiger partial charge in [-0.05, 0) is 38.9 Å². The Morgan fingerprint density at radius 2 is 1.68 bits per heavy atom. The summed E-state index contributed by atoms with van der Waals surface area (Å²) >= 11 is 0. The first-order chi connectivity index (χ1) is 8.36. The highest BCUT2D eigenvalue weighted by Gasteiger charge is 2.16. The molecule has 2 aliphatic heterocycles. The number of piperidine rings is 1. The third-order valence-electron chi connectivity index (χ3n) is 3.78. The number of halogens is 2. The number of carbonyl (C=O) groups is 1. The zero-order valence-corrected chi connectivity index (χ0v) is 13.2. The summed E-state index contributed by atoms with van der Waals surface area (Å²) in [7, 11) is 0. The van der Waals surface area contributed by atoms with Crippen molar-refractivity contribution in [3.8, 4) is 0 Å². The lowest BCUT2D eigenvalue weighted by Crippen LogP contribution is -2.36. The van der Waals surface area contributed by atoms with E-state index in [1.54, 1.807) is 0 Å². The molecular weight excluding hydrogens is 285 g/mol. The Morgan fingerprint density at radius 3 is 2.42 bits per heavy atom. The predicted octanol–water partition coefficient (Wildman–Crippen LogP) is 1.53. The predicted molar refractivity (Wildman–Crippen MR) is 83.5 cm³/mol. The smallest absolute Gasteiger partial charge is 0.223 e. The minimum atomic E-state index is 0. The van der Waals surface area contributed by atoms with Gasteiger partial charge in [-0.3, -0.25) is 4.79 Å². The highest BCUT2D eigenvalue weighted by atomic mass is 35.5. The molecule has 0 spiro atoms. The third-order valence-corrected chi connectivity index (χ3v) is 3.78. The molecule has 0 saturated carbocycles. The summed E-state index contributed by atoms with van der Waals surface area (Å²) in [5.74, 6) is 0.327. The molecular formula is C13H27Cl2N3O. The largest absolute Gasteiger partial charge is 0.341 e. The molecule has 0 atom stereocenters. The number of hydrogen-bond donors (Lipinski definition) is 1. The van der Waals surface area contributed by atoms with Crippen LogP contribution in [0.5, 0.6) is 0 Å². The summed E-state index contributed by atoms with van der Waals surface area (Å²) in [5.41, 5.74) is 0. The fourth-order valence-corrected chi connectivity index (χ4v) is 2.72. The normalized spacial score (nSPS) is 21.3. The molecule has 0 aromatic carbocycles. The summed E-state index contributed by atoms with van der Waals surface area (Å²) in [6.07, 6.45) is 5.90. The zero-order valence-electron chi connectivity index (χ0n) is 11.6. The Morgan fingerprint density at radius 1 is 0.947 bits per heavy atom. The van der Waals surface area contributed by atoms with Crippen molar-refractivity contribution >= 4 is 30.7 Å². The van der Waals surface area contributed by atoms with Crippen LogP contribution in [0.25, 0.3) is 0 Å². The lowest BCUT2D eigenvalue weighted by Gasteiger charge is -2.27. The maximum atomic E-state index is 11.8. The molecule has 1 N–H and O–H groups in total. The highest BCUT2D eigenvalue weighted by molar-refractivity contribution is 5.85. The minimum Gasteiger partial charge on any atom is -0.341 e. The molecule has 0 aromatic rings. The van der Waals surface area contributed by atoms with E-state index in [-0.39, 0.29) is 24.8 Å². The van der Waals surface area contributed by atoms with Crippen molar-refractivity contribution in [1.29, 1.82) is 0 Å². The van der Waals surface area contributed by atoms with Crippen LogP contribution in [0.4, 0.5) is 0 Å². The number of hydrogen-bond acceptors (Lipinski definition) is 3. The second-order valence-corrected chi connectivity index (χ2v) is 5.14. The van der Waals surface area contributed by atoms with Crippen molar-refractivity contribution in [2.75, 3.05) is 45.8 Å². The summed E-state index contributed by atoms with van der Waals surface area (Å²) in [5, 5.41) is 3.27. The topological polar surface area (TPSA) is 35.6 Å². The van der Waals surface area contributed by atoms with Gasteiger partial charge in [-0.1, -0.05) is 6.42 Å². The number of amides is 1. The molecule has 114 valence electrons. The summed E-state index contributed by atoms with van der Waals surface area (Å²) in [4.78, 5) is 16.3. The van der Waals surface area contributed by atoms with Crippen LogP contribution < -0.4 is 5.32 Å². The molecule has 2 rings (SSSR count). The van der Waals surface area contributed by atoms with Gasteiger partial charge in [0.1, 0.15) is 0 Å². The Bertz CT molecular complexity index is 248. The van der Waals surface area contributed by atoms with E-state index in [0.29, 0.717) is 12.3 Å². The zero-order chi connectivity index (χ0) is 11.9. The molecule has 0 unspecified atom stereocenters. The summed E-state index contributed by atoms with van der Waals surface area (Å²) < 4.78 is 0. The first-order valence-electron chi connectivity index (χ1n) is 7.07. The molecule has 6 heteroatoms. The van der Waals surface area contributed by atoms with Crippen LogP contribution in [0.1, 0.15) is 32.1 Å². The van der Waals surface area contributed by atoms with E-state index in [4.69, 9.17) is 0 Å².